The Morgan fingerprint density at radius 2 is 1.68 bits per heavy atom. The van der Waals surface area contributed by atoms with Gasteiger partial charge in [0.1, 0.15) is 6.04 Å². The predicted octanol–water partition coefficient (Wildman–Crippen LogP) is 5.29. The second-order valence-corrected chi connectivity index (χ2v) is 9.18. The summed E-state index contributed by atoms with van der Waals surface area (Å²) >= 11 is 0. The molecule has 1 aromatic heterocycles. The zero-order valence-corrected chi connectivity index (χ0v) is 19.4. The van der Waals surface area contributed by atoms with Crippen LogP contribution in [0.2, 0.25) is 0 Å². The number of fused-ring (bicyclic) bond motifs is 3. The van der Waals surface area contributed by atoms with Crippen molar-refractivity contribution in [2.75, 3.05) is 4.90 Å². The van der Waals surface area contributed by atoms with Gasteiger partial charge in [0, 0.05) is 17.7 Å². The zero-order valence-electron chi connectivity index (χ0n) is 19.4. The largest absolute Gasteiger partial charge is 0.349 e. The van der Waals surface area contributed by atoms with E-state index in [1.54, 1.807) is 18.3 Å². The number of nitrogens with zero attached hydrogens (tertiary/aromatic N) is 4. The third-order valence-electron chi connectivity index (χ3n) is 7.15. The summed E-state index contributed by atoms with van der Waals surface area (Å²) in [6.45, 7) is 6.03. The van der Waals surface area contributed by atoms with Gasteiger partial charge >= 0.3 is 0 Å². The van der Waals surface area contributed by atoms with Crippen LogP contribution >= 0.6 is 0 Å². The normalized spacial score (nSPS) is 21.8. The highest BCUT2D eigenvalue weighted by Crippen LogP contribution is 2.56. The third kappa shape index (κ3) is 2.98. The number of nitriles is 2. The van der Waals surface area contributed by atoms with Crippen molar-refractivity contribution in [1.82, 2.24) is 4.98 Å². The zero-order chi connectivity index (χ0) is 24.0. The van der Waals surface area contributed by atoms with Gasteiger partial charge in [-0.1, -0.05) is 54.1 Å². The number of anilines is 1. The minimum atomic E-state index is -1.45. The SMILES string of the molecule is Cc1cc(C)c([C@@H]2[C@H](C(=O)c3ccccc3)N3c4cccnc4C=C[C@H]3C2(C#N)C#N)c(C)c1. The van der Waals surface area contributed by atoms with Crippen LogP contribution in [0.3, 0.4) is 0 Å². The maximum atomic E-state index is 14.2. The molecule has 3 atom stereocenters. The predicted molar refractivity (Wildman–Crippen MR) is 131 cm³/mol. The third-order valence-corrected chi connectivity index (χ3v) is 7.15. The van der Waals surface area contributed by atoms with Crippen molar-refractivity contribution < 1.29 is 4.79 Å². The average molecular weight is 445 g/mol. The maximum Gasteiger partial charge on any atom is 0.185 e. The Morgan fingerprint density at radius 1 is 1.00 bits per heavy atom. The van der Waals surface area contributed by atoms with Gasteiger partial charge in [0.15, 0.2) is 11.2 Å². The van der Waals surface area contributed by atoms with Crippen molar-refractivity contribution in [3.05, 3.63) is 100 Å². The molecule has 2 aromatic carbocycles. The van der Waals surface area contributed by atoms with Crippen molar-refractivity contribution in [2.24, 2.45) is 5.41 Å². The van der Waals surface area contributed by atoms with Crippen molar-refractivity contribution >= 4 is 17.5 Å². The molecule has 0 N–H and O–H groups in total. The minimum Gasteiger partial charge on any atom is -0.349 e. The highest BCUT2D eigenvalue weighted by Gasteiger charge is 2.64. The Balaban J connectivity index is 1.84. The smallest absolute Gasteiger partial charge is 0.185 e. The Labute approximate surface area is 199 Å². The van der Waals surface area contributed by atoms with Crippen LogP contribution in [0.25, 0.3) is 6.08 Å². The van der Waals surface area contributed by atoms with E-state index in [2.05, 4.69) is 29.3 Å². The number of aryl methyl sites for hydroxylation is 3. The molecule has 1 saturated heterocycles. The first-order valence-electron chi connectivity index (χ1n) is 11.3. The highest BCUT2D eigenvalue weighted by molar-refractivity contribution is 6.04. The summed E-state index contributed by atoms with van der Waals surface area (Å²) in [5, 5.41) is 21.2. The lowest BCUT2D eigenvalue weighted by Crippen LogP contribution is -2.44. The summed E-state index contributed by atoms with van der Waals surface area (Å²) in [4.78, 5) is 20.6. The van der Waals surface area contributed by atoms with Gasteiger partial charge in [0.2, 0.25) is 0 Å². The maximum absolute atomic E-state index is 14.2. The lowest BCUT2D eigenvalue weighted by Gasteiger charge is -2.35. The van der Waals surface area contributed by atoms with Crippen LogP contribution in [-0.2, 0) is 0 Å². The fourth-order valence-corrected chi connectivity index (χ4v) is 5.88. The number of hydrogen-bond acceptors (Lipinski definition) is 5. The molecule has 3 heterocycles. The lowest BCUT2D eigenvalue weighted by atomic mass is 9.67. The first-order chi connectivity index (χ1) is 16.4. The molecular weight excluding hydrogens is 420 g/mol. The molecule has 5 heteroatoms. The van der Waals surface area contributed by atoms with Crippen molar-refractivity contribution in [3.8, 4) is 12.1 Å². The molecule has 0 amide bonds. The molecule has 1 fully saturated rings. The number of rotatable bonds is 3. The van der Waals surface area contributed by atoms with Gasteiger partial charge in [-0.15, -0.1) is 0 Å². The van der Waals surface area contributed by atoms with Gasteiger partial charge in [-0.3, -0.25) is 9.78 Å². The molecular formula is C29H24N4O. The van der Waals surface area contributed by atoms with Crippen LogP contribution in [0, 0.1) is 48.8 Å². The summed E-state index contributed by atoms with van der Waals surface area (Å²) in [7, 11) is 0. The molecule has 2 aliphatic heterocycles. The van der Waals surface area contributed by atoms with Crippen LogP contribution in [0.15, 0.2) is 66.9 Å². The summed E-state index contributed by atoms with van der Waals surface area (Å²) in [6, 6.07) is 20.5. The van der Waals surface area contributed by atoms with Gasteiger partial charge in [-0.2, -0.15) is 10.5 Å². The van der Waals surface area contributed by atoms with Crippen LogP contribution in [-0.4, -0.2) is 22.9 Å². The van der Waals surface area contributed by atoms with Gasteiger partial charge < -0.3 is 4.90 Å². The number of benzene rings is 2. The summed E-state index contributed by atoms with van der Waals surface area (Å²) < 4.78 is 0. The molecule has 0 unspecified atom stereocenters. The Hall–Kier alpha value is -4.22. The van der Waals surface area contributed by atoms with E-state index in [1.165, 1.54) is 0 Å². The molecule has 3 aromatic rings. The topological polar surface area (TPSA) is 80.8 Å². The Bertz CT molecular complexity index is 1370. The van der Waals surface area contributed by atoms with Gasteiger partial charge in [0.25, 0.3) is 0 Å². The van der Waals surface area contributed by atoms with E-state index in [0.29, 0.717) is 5.56 Å². The van der Waals surface area contributed by atoms with Crippen LogP contribution in [0.1, 0.15) is 44.2 Å². The summed E-state index contributed by atoms with van der Waals surface area (Å²) in [6.07, 6.45) is 5.44. The van der Waals surface area contributed by atoms with Gasteiger partial charge in [0.05, 0.1) is 29.6 Å². The Kier molecular flexibility index (Phi) is 5.07. The van der Waals surface area contributed by atoms with Crippen molar-refractivity contribution in [2.45, 2.75) is 38.8 Å². The molecule has 34 heavy (non-hydrogen) atoms. The van der Waals surface area contributed by atoms with E-state index in [-0.39, 0.29) is 5.78 Å². The molecule has 0 radical (unpaired) electrons. The van der Waals surface area contributed by atoms with E-state index in [1.807, 2.05) is 68.2 Å². The standard InChI is InChI=1S/C29H24N4O/c1-18-14-19(2)25(20(3)15-18)26-27(28(34)21-8-5-4-6-9-21)33-23-10-7-13-32-22(23)11-12-24(33)29(26,16-30)17-31/h4-15,24,26-27H,1-3H3/t24-,26+,27+/m0/s1. The monoisotopic (exact) mass is 444 g/mol. The highest BCUT2D eigenvalue weighted by atomic mass is 16.1. The van der Waals surface area contributed by atoms with E-state index in [9.17, 15) is 15.3 Å². The number of carbonyl (C=O) groups is 1. The fraction of sp³-hybridized carbons (Fsp3) is 0.241. The second-order valence-electron chi connectivity index (χ2n) is 9.18. The lowest BCUT2D eigenvalue weighted by molar-refractivity contribution is 0.0951. The van der Waals surface area contributed by atoms with Crippen LogP contribution < -0.4 is 4.90 Å². The van der Waals surface area contributed by atoms with Gasteiger partial charge in [-0.25, -0.2) is 0 Å². The molecule has 2 aliphatic rings. The number of ketones is 1. The number of carbonyl (C=O) groups excluding carboxylic acids is 1. The van der Waals surface area contributed by atoms with Crippen molar-refractivity contribution in [3.63, 3.8) is 0 Å². The molecule has 5 rings (SSSR count). The van der Waals surface area contributed by atoms with Crippen molar-refractivity contribution in [1.29, 1.82) is 10.5 Å². The van der Waals surface area contributed by atoms with E-state index in [0.717, 1.165) is 33.6 Å². The second kappa shape index (κ2) is 7.97. The molecule has 0 aliphatic carbocycles. The molecule has 166 valence electrons. The van der Waals surface area contributed by atoms with E-state index in [4.69, 9.17) is 0 Å². The van der Waals surface area contributed by atoms with Crippen LogP contribution in [0.4, 0.5) is 5.69 Å². The number of pyridine rings is 1. The van der Waals surface area contributed by atoms with Crippen LogP contribution in [0.5, 0.6) is 0 Å². The summed E-state index contributed by atoms with van der Waals surface area (Å²) in [5.74, 6) is -0.746. The Morgan fingerprint density at radius 3 is 2.32 bits per heavy atom. The quantitative estimate of drug-likeness (QED) is 0.513. The first-order valence-corrected chi connectivity index (χ1v) is 11.3. The molecule has 5 nitrogen and oxygen atoms in total. The fourth-order valence-electron chi connectivity index (χ4n) is 5.88. The first kappa shape index (κ1) is 21.6. The number of aromatic nitrogens is 1. The summed E-state index contributed by atoms with van der Waals surface area (Å²) in [5.41, 5.74) is 4.58. The average Bonchev–Trinajstić information content (AvgIpc) is 3.14. The van der Waals surface area contributed by atoms with E-state index < -0.39 is 23.4 Å². The number of Topliss-reactive ketones (excluding diaryl/α,β-unsaturated/α-hetero) is 1. The van der Waals surface area contributed by atoms with Gasteiger partial charge in [-0.05, 0) is 55.7 Å². The molecule has 0 saturated carbocycles. The minimum absolute atomic E-state index is 0.104. The molecule has 0 bridgehead atoms. The number of hydrogen-bond donors (Lipinski definition) is 0. The van der Waals surface area contributed by atoms with E-state index >= 15 is 0 Å². The molecule has 0 spiro atoms.